The number of fused-ring (bicyclic) bond motifs is 13. The smallest absolute Gasteiger partial charge is 0.268 e. The van der Waals surface area contributed by atoms with Crippen LogP contribution >= 0.6 is 0 Å². The van der Waals surface area contributed by atoms with Gasteiger partial charge in [-0.25, -0.2) is 4.98 Å². The van der Waals surface area contributed by atoms with E-state index in [9.17, 15) is 0 Å². The zero-order valence-corrected chi connectivity index (χ0v) is 42.7. The molecule has 0 bridgehead atoms. The number of benzene rings is 10. The zero-order chi connectivity index (χ0) is 48.9. The second kappa shape index (κ2) is 17.7. The number of rotatable bonds is 8. The monoisotopic (exact) mass is 1140 g/mol. The van der Waals surface area contributed by atoms with Crippen molar-refractivity contribution in [3.8, 4) is 56.6 Å². The van der Waals surface area contributed by atoms with Crippen LogP contribution in [-0.2, 0) is 28.1 Å². The van der Waals surface area contributed by atoms with Gasteiger partial charge in [0.15, 0.2) is 0 Å². The summed E-state index contributed by atoms with van der Waals surface area (Å²) in [5.74, 6) is 1.90. The normalized spacial score (nSPS) is 11.7. The Morgan fingerprint density at radius 1 is 0.453 bits per heavy atom. The van der Waals surface area contributed by atoms with Crippen molar-refractivity contribution in [2.45, 2.75) is 0 Å². The maximum Gasteiger partial charge on any atom is 0.268 e. The van der Waals surface area contributed by atoms with Gasteiger partial charge in [0, 0.05) is 84.1 Å². The topological polar surface area (TPSA) is 45.7 Å². The molecule has 0 amide bonds. The Bertz CT molecular complexity index is 4630. The van der Waals surface area contributed by atoms with Crippen molar-refractivity contribution in [1.29, 1.82) is 0 Å². The van der Waals surface area contributed by atoms with Crippen molar-refractivity contribution in [2.75, 3.05) is 0 Å². The van der Waals surface area contributed by atoms with E-state index in [-0.39, 0.29) is 21.1 Å². The number of aromatic nitrogens is 6. The first-order valence-corrected chi connectivity index (χ1v) is 24.9. The summed E-state index contributed by atoms with van der Waals surface area (Å²) in [5, 5.41) is 6.89. The van der Waals surface area contributed by atoms with Gasteiger partial charge in [0.2, 0.25) is 0 Å². The molecule has 0 radical (unpaired) electrons. The first-order valence-electron chi connectivity index (χ1n) is 24.9. The fourth-order valence-electron chi connectivity index (χ4n) is 11.6. The Balaban J connectivity index is 0.00000516. The molecule has 0 unspecified atom stereocenters. The number of ether oxygens (including phenoxy) is 1. The van der Waals surface area contributed by atoms with E-state index in [4.69, 9.17) is 9.72 Å². The molecule has 0 fully saturated rings. The van der Waals surface area contributed by atoms with Crippen LogP contribution < -0.4 is 9.30 Å². The van der Waals surface area contributed by atoms with Crippen molar-refractivity contribution >= 4 is 76.5 Å². The standard InChI is InChI=1S/C67H42N6O.Pt/c1-69-55-33-13-11-29-52(55)61-65(69)62-54-39-38-49(42-59(54)73(60-37-17-18-40-68-60)67(62)63-53-30-12-14-34-56(53)72(66(61)63)46-25-9-4-10-26-46)74-48-28-19-27-47(41-48)70-43-71(58-36-16-15-35-57(58)70)64-50(44-21-5-2-6-22-44)31-20-32-51(64)45-23-7-3-8-24-45;/h2-40H,1H3;/q-2;. The number of para-hydroxylation sites is 6. The third-order valence-corrected chi connectivity index (χ3v) is 14.6. The first-order chi connectivity index (χ1) is 36.7. The van der Waals surface area contributed by atoms with E-state index in [1.54, 1.807) is 0 Å². The minimum atomic E-state index is 0. The first kappa shape index (κ1) is 44.4. The predicted octanol–water partition coefficient (Wildman–Crippen LogP) is 15.7. The molecule has 10 aromatic carbocycles. The predicted molar refractivity (Wildman–Crippen MR) is 299 cm³/mol. The van der Waals surface area contributed by atoms with Gasteiger partial charge in [-0.3, -0.25) is 4.57 Å². The van der Waals surface area contributed by atoms with Crippen LogP contribution in [0.5, 0.6) is 11.5 Å². The fourth-order valence-corrected chi connectivity index (χ4v) is 11.6. The summed E-state index contributed by atoms with van der Waals surface area (Å²) in [6, 6.07) is 88.2. The molecule has 0 aliphatic carbocycles. The average Bonchev–Trinajstić information content (AvgIpc) is 4.40. The summed E-state index contributed by atoms with van der Waals surface area (Å²) in [7, 11) is 2.19. The van der Waals surface area contributed by atoms with Gasteiger partial charge in [-0.1, -0.05) is 175 Å². The summed E-state index contributed by atoms with van der Waals surface area (Å²) >= 11 is 0. The molecule has 0 N–H and O–H groups in total. The Morgan fingerprint density at radius 3 is 1.75 bits per heavy atom. The van der Waals surface area contributed by atoms with Gasteiger partial charge in [0.1, 0.15) is 5.82 Å². The van der Waals surface area contributed by atoms with Crippen molar-refractivity contribution in [1.82, 2.24) is 23.3 Å². The van der Waals surface area contributed by atoms with E-state index in [1.165, 1.54) is 10.8 Å². The number of pyridine rings is 1. The van der Waals surface area contributed by atoms with E-state index >= 15 is 0 Å². The van der Waals surface area contributed by atoms with Crippen molar-refractivity contribution in [3.05, 3.63) is 255 Å². The molecule has 15 rings (SSSR count). The maximum absolute atomic E-state index is 6.88. The second-order valence-electron chi connectivity index (χ2n) is 18.7. The molecular weight excluding hydrogens is 1100 g/mol. The average molecular weight is 1140 g/mol. The minimum Gasteiger partial charge on any atom is -0.510 e. The summed E-state index contributed by atoms with van der Waals surface area (Å²) < 4.78 is 18.2. The molecular formula is C67H42N6OPt-2. The molecule has 0 saturated heterocycles. The molecule has 7 nitrogen and oxygen atoms in total. The quantitative estimate of drug-likeness (QED) is 0.112. The molecule has 75 heavy (non-hydrogen) atoms. The van der Waals surface area contributed by atoms with Gasteiger partial charge in [0.05, 0.1) is 33.3 Å². The summed E-state index contributed by atoms with van der Waals surface area (Å²) in [4.78, 5) is 5.05. The van der Waals surface area contributed by atoms with Gasteiger partial charge >= 0.3 is 0 Å². The molecule has 5 heterocycles. The zero-order valence-electron chi connectivity index (χ0n) is 40.4. The van der Waals surface area contributed by atoms with Crippen LogP contribution in [0.3, 0.4) is 0 Å². The number of hydrogen-bond acceptors (Lipinski definition) is 2. The van der Waals surface area contributed by atoms with Gasteiger partial charge in [-0.2, -0.15) is 18.2 Å². The Morgan fingerprint density at radius 2 is 1.03 bits per heavy atom. The SMILES string of the molecule is Cn1c2ccccc2c2c1c1c3ccc(Oc4[c-]c(-[n+]5[c-]n(-c6c(-c7ccccc7)cccc6-c6ccccc6)c6ccccc65)ccc4)[c-]c3n(-c3ccccn3)c1c1c3ccccc3n(-c3ccccc3)c21.[Pt]. The van der Waals surface area contributed by atoms with Crippen LogP contribution in [0.25, 0.3) is 122 Å². The maximum atomic E-state index is 6.88. The van der Waals surface area contributed by atoms with Crippen LogP contribution in [0.1, 0.15) is 0 Å². The van der Waals surface area contributed by atoms with E-state index in [2.05, 4.69) is 255 Å². The number of imidazole rings is 1. The molecule has 8 heteroatoms. The van der Waals surface area contributed by atoms with Crippen LogP contribution in [0, 0.1) is 18.5 Å². The molecule has 15 aromatic rings. The molecule has 0 atom stereocenters. The summed E-state index contributed by atoms with van der Waals surface area (Å²) in [6.45, 7) is 0. The molecule has 358 valence electrons. The Labute approximate surface area is 446 Å². The largest absolute Gasteiger partial charge is 0.510 e. The Hall–Kier alpha value is -9.29. The van der Waals surface area contributed by atoms with Crippen LogP contribution in [0.4, 0.5) is 0 Å². The third-order valence-electron chi connectivity index (χ3n) is 14.6. The summed E-state index contributed by atoms with van der Waals surface area (Å²) in [6.07, 6.45) is 5.65. The molecule has 0 saturated carbocycles. The van der Waals surface area contributed by atoms with E-state index in [1.807, 2.05) is 30.5 Å². The van der Waals surface area contributed by atoms with E-state index < -0.39 is 0 Å². The molecule has 0 aliphatic heterocycles. The molecule has 0 aliphatic rings. The van der Waals surface area contributed by atoms with Crippen molar-refractivity contribution < 1.29 is 30.4 Å². The van der Waals surface area contributed by atoms with Gasteiger partial charge < -0.3 is 23.0 Å². The second-order valence-corrected chi connectivity index (χ2v) is 18.7. The van der Waals surface area contributed by atoms with Gasteiger partial charge in [-0.05, 0) is 69.7 Å². The Kier molecular flexibility index (Phi) is 10.5. The number of hydrogen-bond donors (Lipinski definition) is 0. The molecule has 0 spiro atoms. The van der Waals surface area contributed by atoms with Gasteiger partial charge in [0.25, 0.3) is 6.33 Å². The van der Waals surface area contributed by atoms with E-state index in [0.29, 0.717) is 11.5 Å². The summed E-state index contributed by atoms with van der Waals surface area (Å²) in [5.41, 5.74) is 15.9. The van der Waals surface area contributed by atoms with E-state index in [0.717, 1.165) is 111 Å². The van der Waals surface area contributed by atoms with Crippen molar-refractivity contribution in [3.63, 3.8) is 0 Å². The van der Waals surface area contributed by atoms with Crippen LogP contribution in [0.15, 0.2) is 237 Å². The van der Waals surface area contributed by atoms with Gasteiger partial charge in [-0.15, -0.1) is 24.3 Å². The number of nitrogens with zero attached hydrogens (tertiary/aromatic N) is 6. The minimum absolute atomic E-state index is 0. The third kappa shape index (κ3) is 6.85. The van der Waals surface area contributed by atoms with Crippen LogP contribution in [0.2, 0.25) is 0 Å². The fraction of sp³-hybridized carbons (Fsp3) is 0.0149. The van der Waals surface area contributed by atoms with Crippen LogP contribution in [-0.4, -0.2) is 23.3 Å². The van der Waals surface area contributed by atoms with Crippen molar-refractivity contribution in [2.24, 2.45) is 7.05 Å². The number of aryl methyl sites for hydroxylation is 1. The molecule has 5 aromatic heterocycles.